The number of nitrogens with zero attached hydrogens (tertiary/aromatic N) is 1. The molecule has 2 aromatic rings. The molecule has 2 rings (SSSR count). The van der Waals surface area contributed by atoms with E-state index in [1.807, 2.05) is 25.1 Å². The van der Waals surface area contributed by atoms with Gasteiger partial charge in [-0.1, -0.05) is 18.2 Å². The van der Waals surface area contributed by atoms with E-state index in [9.17, 15) is 9.59 Å². The van der Waals surface area contributed by atoms with Crippen LogP contribution in [0.25, 0.3) is 17.0 Å². The van der Waals surface area contributed by atoms with Gasteiger partial charge in [-0.25, -0.2) is 9.78 Å². The van der Waals surface area contributed by atoms with Gasteiger partial charge in [0.1, 0.15) is 0 Å². The number of fused-ring (bicyclic) bond motifs is 1. The van der Waals surface area contributed by atoms with Crippen LogP contribution in [0.4, 0.5) is 0 Å². The van der Waals surface area contributed by atoms with Crippen LogP contribution in [-0.2, 0) is 9.53 Å². The van der Waals surface area contributed by atoms with Gasteiger partial charge in [-0.2, -0.15) is 0 Å². The number of rotatable bonds is 3. The highest BCUT2D eigenvalue weighted by Crippen LogP contribution is 2.19. The van der Waals surface area contributed by atoms with E-state index in [-0.39, 0.29) is 0 Å². The molecule has 96 valence electrons. The fourth-order valence-electron chi connectivity index (χ4n) is 1.82. The van der Waals surface area contributed by atoms with Crippen LogP contribution >= 0.6 is 0 Å². The number of aryl methyl sites for hydroxylation is 1. The van der Waals surface area contributed by atoms with Crippen molar-refractivity contribution < 1.29 is 14.3 Å². The Bertz CT molecular complexity index is 674. The van der Waals surface area contributed by atoms with Crippen molar-refractivity contribution in [3.05, 3.63) is 47.2 Å². The zero-order valence-electron chi connectivity index (χ0n) is 10.7. The van der Waals surface area contributed by atoms with Gasteiger partial charge >= 0.3 is 5.97 Å². The molecule has 1 aromatic carbocycles. The molecule has 19 heavy (non-hydrogen) atoms. The van der Waals surface area contributed by atoms with E-state index in [1.165, 1.54) is 19.3 Å². The van der Waals surface area contributed by atoms with Crippen molar-refractivity contribution in [3.63, 3.8) is 0 Å². The number of carbonyl (C=O) groups is 2. The molecular weight excluding hydrogens is 242 g/mol. The summed E-state index contributed by atoms with van der Waals surface area (Å²) in [6.45, 7) is 1.95. The molecule has 4 heteroatoms. The fraction of sp³-hybridized carbons (Fsp3) is 0.133. The third-order valence-corrected chi connectivity index (χ3v) is 2.81. The summed E-state index contributed by atoms with van der Waals surface area (Å²) in [7, 11) is 1.30. The smallest absolute Gasteiger partial charge is 0.330 e. The lowest BCUT2D eigenvalue weighted by atomic mass is 10.1. The second-order valence-corrected chi connectivity index (χ2v) is 4.08. The van der Waals surface area contributed by atoms with Crippen molar-refractivity contribution in [3.8, 4) is 0 Å². The average Bonchev–Trinajstić information content (AvgIpc) is 2.44. The maximum absolute atomic E-state index is 11.1. The lowest BCUT2D eigenvalue weighted by Gasteiger charge is -2.05. The van der Waals surface area contributed by atoms with E-state index in [1.54, 1.807) is 6.07 Å². The zero-order chi connectivity index (χ0) is 13.8. The van der Waals surface area contributed by atoms with Crippen LogP contribution in [0.15, 0.2) is 30.3 Å². The number of carbonyl (C=O) groups excluding carboxylic acids is 2. The van der Waals surface area contributed by atoms with Crippen molar-refractivity contribution in [2.45, 2.75) is 6.92 Å². The molecule has 1 aromatic heterocycles. The van der Waals surface area contributed by atoms with E-state index in [0.717, 1.165) is 22.8 Å². The van der Waals surface area contributed by atoms with Gasteiger partial charge in [0.15, 0.2) is 6.29 Å². The molecule has 0 saturated heterocycles. The van der Waals surface area contributed by atoms with Crippen LogP contribution in [0, 0.1) is 6.92 Å². The molecule has 0 aliphatic rings. The van der Waals surface area contributed by atoms with Crippen molar-refractivity contribution >= 4 is 29.2 Å². The first-order valence-electron chi connectivity index (χ1n) is 5.77. The van der Waals surface area contributed by atoms with Crippen LogP contribution in [0.1, 0.15) is 21.6 Å². The van der Waals surface area contributed by atoms with Crippen molar-refractivity contribution in [2.75, 3.05) is 7.11 Å². The maximum Gasteiger partial charge on any atom is 0.330 e. The minimum absolute atomic E-state index is 0.443. The Balaban J connectivity index is 2.59. The molecule has 0 N–H and O–H groups in total. The first kappa shape index (κ1) is 13.0. The van der Waals surface area contributed by atoms with Gasteiger partial charge in [-0.15, -0.1) is 0 Å². The van der Waals surface area contributed by atoms with Crippen molar-refractivity contribution in [2.24, 2.45) is 0 Å². The van der Waals surface area contributed by atoms with Gasteiger partial charge in [-0.3, -0.25) is 4.79 Å². The molecule has 0 saturated carbocycles. The third-order valence-electron chi connectivity index (χ3n) is 2.81. The summed E-state index contributed by atoms with van der Waals surface area (Å²) in [5.74, 6) is -0.483. The lowest BCUT2D eigenvalue weighted by molar-refractivity contribution is -0.134. The molecule has 1 heterocycles. The Kier molecular flexibility index (Phi) is 3.71. The Morgan fingerprint density at radius 2 is 2.16 bits per heavy atom. The molecule has 0 bridgehead atoms. The Morgan fingerprint density at radius 1 is 1.37 bits per heavy atom. The number of para-hydroxylation sites is 1. The fourth-order valence-corrected chi connectivity index (χ4v) is 1.82. The average molecular weight is 255 g/mol. The van der Waals surface area contributed by atoms with E-state index in [4.69, 9.17) is 0 Å². The molecule has 4 nitrogen and oxygen atoms in total. The Labute approximate surface area is 110 Å². The van der Waals surface area contributed by atoms with Gasteiger partial charge in [0.2, 0.25) is 0 Å². The highest BCUT2D eigenvalue weighted by atomic mass is 16.5. The SMILES string of the molecule is COC(=O)/C=C/c1nc2c(C)cccc2cc1C=O. The Hall–Kier alpha value is -2.49. The monoisotopic (exact) mass is 255 g/mol. The third kappa shape index (κ3) is 2.68. The number of benzene rings is 1. The van der Waals surface area contributed by atoms with Gasteiger partial charge in [0, 0.05) is 17.0 Å². The summed E-state index contributed by atoms with van der Waals surface area (Å²) >= 11 is 0. The first-order chi connectivity index (χ1) is 9.15. The minimum atomic E-state index is -0.483. The molecule has 0 aliphatic heterocycles. The van der Waals surface area contributed by atoms with E-state index >= 15 is 0 Å². The maximum atomic E-state index is 11.1. The normalized spacial score (nSPS) is 10.8. The topological polar surface area (TPSA) is 56.3 Å². The second kappa shape index (κ2) is 5.44. The number of esters is 1. The molecule has 0 radical (unpaired) electrons. The number of hydrogen-bond acceptors (Lipinski definition) is 4. The largest absolute Gasteiger partial charge is 0.466 e. The van der Waals surface area contributed by atoms with Crippen LogP contribution in [0.2, 0.25) is 0 Å². The summed E-state index contributed by atoms with van der Waals surface area (Å²) in [5.41, 5.74) is 2.74. The number of ether oxygens (including phenoxy) is 1. The van der Waals surface area contributed by atoms with Crippen LogP contribution in [0.3, 0.4) is 0 Å². The van der Waals surface area contributed by atoms with Gasteiger partial charge < -0.3 is 4.74 Å². The number of pyridine rings is 1. The molecule has 0 aliphatic carbocycles. The lowest BCUT2D eigenvalue weighted by Crippen LogP contribution is -1.97. The summed E-state index contributed by atoms with van der Waals surface area (Å²) in [5, 5.41) is 0.900. The molecular formula is C15H13NO3. The quantitative estimate of drug-likeness (QED) is 0.480. The zero-order valence-corrected chi connectivity index (χ0v) is 10.7. The van der Waals surface area contributed by atoms with Crippen molar-refractivity contribution in [1.82, 2.24) is 4.98 Å². The summed E-state index contributed by atoms with van der Waals surface area (Å²) in [4.78, 5) is 26.6. The highest BCUT2D eigenvalue weighted by Gasteiger charge is 2.06. The van der Waals surface area contributed by atoms with Crippen LogP contribution in [-0.4, -0.2) is 24.3 Å². The summed E-state index contributed by atoms with van der Waals surface area (Å²) in [6, 6.07) is 7.52. The van der Waals surface area contributed by atoms with Crippen LogP contribution in [0.5, 0.6) is 0 Å². The summed E-state index contributed by atoms with van der Waals surface area (Å²) < 4.78 is 4.51. The number of hydrogen-bond donors (Lipinski definition) is 0. The highest BCUT2D eigenvalue weighted by molar-refractivity contribution is 5.93. The second-order valence-electron chi connectivity index (χ2n) is 4.08. The number of methoxy groups -OCH3 is 1. The number of aldehydes is 1. The van der Waals surface area contributed by atoms with E-state index in [0.29, 0.717) is 11.3 Å². The molecule has 0 fully saturated rings. The molecule has 0 atom stereocenters. The van der Waals surface area contributed by atoms with Crippen LogP contribution < -0.4 is 0 Å². The van der Waals surface area contributed by atoms with Gasteiger partial charge in [-0.05, 0) is 24.6 Å². The van der Waals surface area contributed by atoms with E-state index < -0.39 is 5.97 Å². The van der Waals surface area contributed by atoms with E-state index in [2.05, 4.69) is 9.72 Å². The molecule has 0 amide bonds. The Morgan fingerprint density at radius 3 is 2.84 bits per heavy atom. The minimum Gasteiger partial charge on any atom is -0.466 e. The standard InChI is InChI=1S/C15H13NO3/c1-10-4-3-5-11-8-12(9-17)13(16-15(10)11)6-7-14(18)19-2/h3-9H,1-2H3/b7-6+. The summed E-state index contributed by atoms with van der Waals surface area (Å²) in [6.07, 6.45) is 3.46. The predicted octanol–water partition coefficient (Wildman–Crippen LogP) is 2.54. The molecule has 0 spiro atoms. The van der Waals surface area contributed by atoms with Crippen molar-refractivity contribution in [1.29, 1.82) is 0 Å². The van der Waals surface area contributed by atoms with Gasteiger partial charge in [0.25, 0.3) is 0 Å². The molecule has 0 unspecified atom stereocenters. The van der Waals surface area contributed by atoms with Gasteiger partial charge in [0.05, 0.1) is 18.3 Å². The first-order valence-corrected chi connectivity index (χ1v) is 5.77. The number of aromatic nitrogens is 1. The predicted molar refractivity (Wildman–Crippen MR) is 72.9 cm³/mol.